The second-order valence-electron chi connectivity index (χ2n) is 5.13. The van der Waals surface area contributed by atoms with Crippen LogP contribution in [0.15, 0.2) is 18.2 Å². The molecule has 1 aliphatic heterocycles. The van der Waals surface area contributed by atoms with Gasteiger partial charge in [-0.05, 0) is 38.9 Å². The van der Waals surface area contributed by atoms with Crippen LogP contribution in [-0.4, -0.2) is 12.6 Å². The van der Waals surface area contributed by atoms with Crippen molar-refractivity contribution in [2.24, 2.45) is 0 Å². The third kappa shape index (κ3) is 2.07. The fourth-order valence-corrected chi connectivity index (χ4v) is 2.38. The zero-order valence-corrected chi connectivity index (χ0v) is 10.6. The maximum absolute atomic E-state index is 6.01. The average molecular weight is 219 g/mol. The van der Waals surface area contributed by atoms with Gasteiger partial charge in [-0.2, -0.15) is 0 Å². The molecule has 1 aromatic carbocycles. The van der Waals surface area contributed by atoms with Gasteiger partial charge in [-0.3, -0.25) is 0 Å². The molecular formula is C14H21NO. The highest BCUT2D eigenvalue weighted by Crippen LogP contribution is 2.39. The molecule has 0 amide bonds. The second kappa shape index (κ2) is 4.10. The van der Waals surface area contributed by atoms with Gasteiger partial charge in [-0.15, -0.1) is 0 Å². The third-order valence-electron chi connectivity index (χ3n) is 3.29. The number of benzene rings is 1. The van der Waals surface area contributed by atoms with Crippen LogP contribution in [0.25, 0.3) is 0 Å². The van der Waals surface area contributed by atoms with E-state index in [1.54, 1.807) is 0 Å². The van der Waals surface area contributed by atoms with Crippen molar-refractivity contribution in [2.75, 3.05) is 7.05 Å². The molecule has 0 saturated heterocycles. The molecular weight excluding hydrogens is 198 g/mol. The topological polar surface area (TPSA) is 21.3 Å². The largest absolute Gasteiger partial charge is 0.487 e. The van der Waals surface area contributed by atoms with Gasteiger partial charge in [0.2, 0.25) is 0 Å². The zero-order valence-electron chi connectivity index (χ0n) is 10.6. The van der Waals surface area contributed by atoms with Gasteiger partial charge in [0.25, 0.3) is 0 Å². The standard InChI is InChI=1S/C14H21NO/c1-5-10-6-7-13-11(8-10)12(15-4)9-14(2,3)16-13/h6-8,12,15H,5,9H2,1-4H3. The smallest absolute Gasteiger partial charge is 0.124 e. The minimum atomic E-state index is -0.0750. The number of hydrogen-bond acceptors (Lipinski definition) is 2. The van der Waals surface area contributed by atoms with Gasteiger partial charge in [0.15, 0.2) is 0 Å². The monoisotopic (exact) mass is 219 g/mol. The minimum Gasteiger partial charge on any atom is -0.487 e. The van der Waals surface area contributed by atoms with Gasteiger partial charge < -0.3 is 10.1 Å². The fourth-order valence-electron chi connectivity index (χ4n) is 2.38. The number of nitrogens with one attached hydrogen (secondary N) is 1. The summed E-state index contributed by atoms with van der Waals surface area (Å²) in [5, 5.41) is 3.39. The molecule has 0 bridgehead atoms. The van der Waals surface area contributed by atoms with Crippen LogP contribution in [0.5, 0.6) is 5.75 Å². The van der Waals surface area contributed by atoms with E-state index >= 15 is 0 Å². The molecule has 1 aliphatic rings. The highest BCUT2D eigenvalue weighted by molar-refractivity contribution is 5.41. The van der Waals surface area contributed by atoms with E-state index in [2.05, 4.69) is 44.3 Å². The van der Waals surface area contributed by atoms with Crippen molar-refractivity contribution < 1.29 is 4.74 Å². The van der Waals surface area contributed by atoms with Crippen LogP contribution in [0.1, 0.15) is 44.4 Å². The number of rotatable bonds is 2. The van der Waals surface area contributed by atoms with E-state index < -0.39 is 0 Å². The van der Waals surface area contributed by atoms with Crippen LogP contribution in [0.2, 0.25) is 0 Å². The van der Waals surface area contributed by atoms with Crippen LogP contribution in [0.4, 0.5) is 0 Å². The lowest BCUT2D eigenvalue weighted by atomic mass is 9.89. The molecule has 0 aliphatic carbocycles. The summed E-state index contributed by atoms with van der Waals surface area (Å²) in [4.78, 5) is 0. The van der Waals surface area contributed by atoms with Gasteiger partial charge in [0, 0.05) is 18.0 Å². The SMILES string of the molecule is CCc1ccc2c(c1)C(NC)CC(C)(C)O2. The number of fused-ring (bicyclic) bond motifs is 1. The third-order valence-corrected chi connectivity index (χ3v) is 3.29. The van der Waals surface area contributed by atoms with Gasteiger partial charge in [-0.25, -0.2) is 0 Å². The first-order chi connectivity index (χ1) is 7.55. The van der Waals surface area contributed by atoms with Gasteiger partial charge in [0.1, 0.15) is 11.4 Å². The Morgan fingerprint density at radius 2 is 2.19 bits per heavy atom. The summed E-state index contributed by atoms with van der Waals surface area (Å²) in [5.41, 5.74) is 2.61. The van der Waals surface area contributed by atoms with E-state index in [9.17, 15) is 0 Å². The summed E-state index contributed by atoms with van der Waals surface area (Å²) in [5.74, 6) is 1.04. The summed E-state index contributed by atoms with van der Waals surface area (Å²) in [7, 11) is 2.02. The summed E-state index contributed by atoms with van der Waals surface area (Å²) in [6.07, 6.45) is 2.09. The Morgan fingerprint density at radius 3 is 2.81 bits per heavy atom. The van der Waals surface area contributed by atoms with E-state index in [1.807, 2.05) is 7.05 Å². The molecule has 0 fully saturated rings. The van der Waals surface area contributed by atoms with Crippen molar-refractivity contribution in [1.29, 1.82) is 0 Å². The van der Waals surface area contributed by atoms with Crippen molar-refractivity contribution in [1.82, 2.24) is 5.32 Å². The molecule has 0 spiro atoms. The fraction of sp³-hybridized carbons (Fsp3) is 0.571. The van der Waals surface area contributed by atoms with Crippen molar-refractivity contribution in [3.8, 4) is 5.75 Å². The Bertz CT molecular complexity index is 384. The molecule has 0 radical (unpaired) electrons. The summed E-state index contributed by atoms with van der Waals surface area (Å²) < 4.78 is 6.01. The minimum absolute atomic E-state index is 0.0750. The Kier molecular flexibility index (Phi) is 2.94. The number of hydrogen-bond donors (Lipinski definition) is 1. The van der Waals surface area contributed by atoms with Crippen molar-refractivity contribution in [3.05, 3.63) is 29.3 Å². The van der Waals surface area contributed by atoms with Crippen LogP contribution >= 0.6 is 0 Å². The summed E-state index contributed by atoms with van der Waals surface area (Å²) in [6.45, 7) is 6.48. The molecule has 0 aromatic heterocycles. The van der Waals surface area contributed by atoms with Crippen LogP contribution in [0, 0.1) is 0 Å². The van der Waals surface area contributed by atoms with Crippen molar-refractivity contribution >= 4 is 0 Å². The maximum atomic E-state index is 6.01. The molecule has 1 unspecified atom stereocenters. The van der Waals surface area contributed by atoms with Gasteiger partial charge in [0.05, 0.1) is 0 Å². The van der Waals surface area contributed by atoms with E-state index in [0.29, 0.717) is 6.04 Å². The Balaban J connectivity index is 2.42. The molecule has 1 heterocycles. The van der Waals surface area contributed by atoms with Crippen molar-refractivity contribution in [2.45, 2.75) is 45.3 Å². The van der Waals surface area contributed by atoms with Gasteiger partial charge >= 0.3 is 0 Å². The molecule has 2 rings (SSSR count). The molecule has 88 valence electrons. The Labute approximate surface area is 98.0 Å². The lowest BCUT2D eigenvalue weighted by Crippen LogP contribution is -2.38. The summed E-state index contributed by atoms with van der Waals surface area (Å²) in [6, 6.07) is 6.95. The van der Waals surface area contributed by atoms with E-state index in [4.69, 9.17) is 4.74 Å². The molecule has 2 heteroatoms. The van der Waals surface area contributed by atoms with Crippen LogP contribution in [-0.2, 0) is 6.42 Å². The normalized spacial score (nSPS) is 22.4. The molecule has 0 saturated carbocycles. The number of ether oxygens (including phenoxy) is 1. The quantitative estimate of drug-likeness (QED) is 0.825. The second-order valence-corrected chi connectivity index (χ2v) is 5.13. The molecule has 2 nitrogen and oxygen atoms in total. The molecule has 1 aromatic rings. The molecule has 1 atom stereocenters. The predicted octanol–water partition coefficient (Wildman–Crippen LogP) is 3.07. The van der Waals surface area contributed by atoms with Crippen LogP contribution in [0.3, 0.4) is 0 Å². The van der Waals surface area contributed by atoms with E-state index in [0.717, 1.165) is 18.6 Å². The lowest BCUT2D eigenvalue weighted by molar-refractivity contribution is 0.0675. The Morgan fingerprint density at radius 1 is 1.44 bits per heavy atom. The maximum Gasteiger partial charge on any atom is 0.124 e. The highest BCUT2D eigenvalue weighted by Gasteiger charge is 2.32. The summed E-state index contributed by atoms with van der Waals surface area (Å²) >= 11 is 0. The molecule has 16 heavy (non-hydrogen) atoms. The first kappa shape index (κ1) is 11.5. The molecule has 1 N–H and O–H groups in total. The Hall–Kier alpha value is -1.02. The predicted molar refractivity (Wildman–Crippen MR) is 66.9 cm³/mol. The van der Waals surface area contributed by atoms with Crippen molar-refractivity contribution in [3.63, 3.8) is 0 Å². The first-order valence-corrected chi connectivity index (χ1v) is 6.05. The highest BCUT2D eigenvalue weighted by atomic mass is 16.5. The van der Waals surface area contributed by atoms with Gasteiger partial charge in [-0.1, -0.05) is 19.1 Å². The van der Waals surface area contributed by atoms with E-state index in [1.165, 1.54) is 11.1 Å². The first-order valence-electron chi connectivity index (χ1n) is 6.05. The average Bonchev–Trinajstić information content (AvgIpc) is 2.26. The number of aryl methyl sites for hydroxylation is 1. The van der Waals surface area contributed by atoms with Crippen LogP contribution < -0.4 is 10.1 Å². The zero-order chi connectivity index (χ0) is 11.8. The lowest BCUT2D eigenvalue weighted by Gasteiger charge is -2.37. The van der Waals surface area contributed by atoms with E-state index in [-0.39, 0.29) is 5.60 Å².